The molecule has 0 saturated heterocycles. The second kappa shape index (κ2) is 5.41. The van der Waals surface area contributed by atoms with Crippen LogP contribution in [-0.4, -0.2) is 13.1 Å². The molecule has 0 saturated carbocycles. The van der Waals surface area contributed by atoms with Gasteiger partial charge in [-0.3, -0.25) is 0 Å². The minimum atomic E-state index is 0.422. The zero-order valence-corrected chi connectivity index (χ0v) is 5.62. The van der Waals surface area contributed by atoms with Gasteiger partial charge in [0.2, 0.25) is 0 Å². The normalized spacial score (nSPS) is 12.2. The minimum Gasteiger partial charge on any atom is -0.330 e. The average Bonchev–Trinajstić information content (AvgIpc) is 1.85. The Morgan fingerprint density at radius 2 is 2.44 bits per heavy atom. The van der Waals surface area contributed by atoms with Gasteiger partial charge in [0.15, 0.2) is 0 Å². The molecule has 1 unspecified atom stereocenters. The van der Waals surface area contributed by atoms with Crippen LogP contribution in [0.15, 0.2) is 5.11 Å². The van der Waals surface area contributed by atoms with Gasteiger partial charge in [-0.2, -0.15) is 0 Å². The van der Waals surface area contributed by atoms with Crippen LogP contribution in [0.5, 0.6) is 0 Å². The van der Waals surface area contributed by atoms with Crippen molar-refractivity contribution in [2.45, 2.75) is 13.3 Å². The number of hydrogen-bond acceptors (Lipinski definition) is 2. The van der Waals surface area contributed by atoms with Crippen LogP contribution in [-0.2, 0) is 0 Å². The van der Waals surface area contributed by atoms with Gasteiger partial charge in [-0.05, 0) is 24.4 Å². The fourth-order valence-electron chi connectivity index (χ4n) is 0.552. The van der Waals surface area contributed by atoms with E-state index in [1.54, 1.807) is 0 Å². The third kappa shape index (κ3) is 5.14. The predicted molar refractivity (Wildman–Crippen MR) is 36.8 cm³/mol. The molecule has 2 N–H and O–H groups in total. The standard InChI is InChI=1S/C5H12N4/c1-5(2-3-6)4-8-9-7/h5H,2-4,6H2,1H3. The van der Waals surface area contributed by atoms with Crippen LogP contribution < -0.4 is 5.73 Å². The lowest BCUT2D eigenvalue weighted by Crippen LogP contribution is -2.07. The van der Waals surface area contributed by atoms with Crippen LogP contribution in [0.25, 0.3) is 10.4 Å². The zero-order valence-electron chi connectivity index (χ0n) is 5.62. The van der Waals surface area contributed by atoms with Crippen LogP contribution in [0.3, 0.4) is 0 Å². The van der Waals surface area contributed by atoms with Crippen LogP contribution >= 0.6 is 0 Å². The van der Waals surface area contributed by atoms with E-state index in [2.05, 4.69) is 10.0 Å². The molecule has 0 fully saturated rings. The van der Waals surface area contributed by atoms with Crippen LogP contribution in [0, 0.1) is 5.92 Å². The van der Waals surface area contributed by atoms with Crippen molar-refractivity contribution in [1.82, 2.24) is 0 Å². The van der Waals surface area contributed by atoms with E-state index in [9.17, 15) is 0 Å². The van der Waals surface area contributed by atoms with Crippen molar-refractivity contribution in [3.63, 3.8) is 0 Å². The summed E-state index contributed by atoms with van der Waals surface area (Å²) >= 11 is 0. The maximum absolute atomic E-state index is 7.91. The van der Waals surface area contributed by atoms with Gasteiger partial charge in [-0.25, -0.2) is 0 Å². The highest BCUT2D eigenvalue weighted by Gasteiger charge is 1.95. The molecule has 1 atom stereocenters. The van der Waals surface area contributed by atoms with Crippen molar-refractivity contribution in [1.29, 1.82) is 0 Å². The summed E-state index contributed by atoms with van der Waals surface area (Å²) < 4.78 is 0. The van der Waals surface area contributed by atoms with Crippen LogP contribution in [0.2, 0.25) is 0 Å². The van der Waals surface area contributed by atoms with Gasteiger partial charge >= 0.3 is 0 Å². The van der Waals surface area contributed by atoms with Crippen molar-refractivity contribution in [3.05, 3.63) is 10.4 Å². The molecule has 52 valence electrons. The third-order valence-electron chi connectivity index (χ3n) is 1.12. The third-order valence-corrected chi connectivity index (χ3v) is 1.12. The fourth-order valence-corrected chi connectivity index (χ4v) is 0.552. The summed E-state index contributed by atoms with van der Waals surface area (Å²) in [5.74, 6) is 0.422. The summed E-state index contributed by atoms with van der Waals surface area (Å²) in [7, 11) is 0. The number of nitrogens with two attached hydrogens (primary N) is 1. The summed E-state index contributed by atoms with van der Waals surface area (Å²) in [4.78, 5) is 2.64. The summed E-state index contributed by atoms with van der Waals surface area (Å²) in [5, 5.41) is 3.42. The highest BCUT2D eigenvalue weighted by molar-refractivity contribution is 4.56. The lowest BCUT2D eigenvalue weighted by Gasteiger charge is -2.02. The van der Waals surface area contributed by atoms with Gasteiger partial charge in [-0.15, -0.1) is 0 Å². The molecular weight excluding hydrogens is 116 g/mol. The zero-order chi connectivity index (χ0) is 7.11. The van der Waals surface area contributed by atoms with Gasteiger partial charge in [0.25, 0.3) is 0 Å². The Kier molecular flexibility index (Phi) is 4.97. The molecule has 9 heavy (non-hydrogen) atoms. The fraction of sp³-hybridized carbons (Fsp3) is 1.00. The Hall–Kier alpha value is -0.730. The summed E-state index contributed by atoms with van der Waals surface area (Å²) in [6.07, 6.45) is 0.930. The van der Waals surface area contributed by atoms with Crippen molar-refractivity contribution in [2.75, 3.05) is 13.1 Å². The number of hydrogen-bond donors (Lipinski definition) is 1. The van der Waals surface area contributed by atoms with Crippen molar-refractivity contribution < 1.29 is 0 Å². The summed E-state index contributed by atoms with van der Waals surface area (Å²) in [6, 6.07) is 0. The summed E-state index contributed by atoms with van der Waals surface area (Å²) in [6.45, 7) is 3.25. The lowest BCUT2D eigenvalue weighted by atomic mass is 10.1. The largest absolute Gasteiger partial charge is 0.330 e. The SMILES string of the molecule is CC(CCN)CN=[N+]=[N-]. The Balaban J connectivity index is 3.25. The molecule has 0 aromatic heterocycles. The van der Waals surface area contributed by atoms with Gasteiger partial charge in [-0.1, -0.05) is 12.0 Å². The Morgan fingerprint density at radius 1 is 1.78 bits per heavy atom. The summed E-state index contributed by atoms with van der Waals surface area (Å²) in [5.41, 5.74) is 13.2. The van der Waals surface area contributed by atoms with E-state index < -0.39 is 0 Å². The number of rotatable bonds is 4. The van der Waals surface area contributed by atoms with E-state index in [1.807, 2.05) is 6.92 Å². The first-order valence-electron chi connectivity index (χ1n) is 3.02. The van der Waals surface area contributed by atoms with E-state index in [0.717, 1.165) is 6.42 Å². The molecule has 4 heteroatoms. The van der Waals surface area contributed by atoms with Crippen molar-refractivity contribution in [3.8, 4) is 0 Å². The highest BCUT2D eigenvalue weighted by atomic mass is 15.1. The second-order valence-electron chi connectivity index (χ2n) is 2.10. The molecule has 4 nitrogen and oxygen atoms in total. The molecule has 0 aromatic rings. The smallest absolute Gasteiger partial charge is 0.0284 e. The van der Waals surface area contributed by atoms with Crippen molar-refractivity contribution in [2.24, 2.45) is 16.8 Å². The van der Waals surface area contributed by atoms with E-state index in [1.165, 1.54) is 0 Å². The maximum Gasteiger partial charge on any atom is 0.0284 e. The van der Waals surface area contributed by atoms with Gasteiger partial charge in [0.05, 0.1) is 0 Å². The molecule has 0 heterocycles. The highest BCUT2D eigenvalue weighted by Crippen LogP contribution is 1.99. The molecule has 0 aliphatic rings. The molecule has 0 rings (SSSR count). The molecule has 0 aliphatic heterocycles. The van der Waals surface area contributed by atoms with Crippen LogP contribution in [0.1, 0.15) is 13.3 Å². The molecule has 0 amide bonds. The molecule has 0 aromatic carbocycles. The van der Waals surface area contributed by atoms with Crippen molar-refractivity contribution >= 4 is 0 Å². The quantitative estimate of drug-likeness (QED) is 0.345. The average molecular weight is 128 g/mol. The molecule has 0 radical (unpaired) electrons. The predicted octanol–water partition coefficient (Wildman–Crippen LogP) is 1.28. The first kappa shape index (κ1) is 8.27. The van der Waals surface area contributed by atoms with Gasteiger partial charge < -0.3 is 5.73 Å². The van der Waals surface area contributed by atoms with E-state index >= 15 is 0 Å². The lowest BCUT2D eigenvalue weighted by molar-refractivity contribution is 0.551. The monoisotopic (exact) mass is 128 g/mol. The van der Waals surface area contributed by atoms with Crippen LogP contribution in [0.4, 0.5) is 0 Å². The topological polar surface area (TPSA) is 74.8 Å². The molecular formula is C5H12N4. The molecule has 0 spiro atoms. The Labute approximate surface area is 54.7 Å². The maximum atomic E-state index is 7.91. The van der Waals surface area contributed by atoms with Gasteiger partial charge in [0, 0.05) is 11.5 Å². The number of azide groups is 1. The van der Waals surface area contributed by atoms with E-state index in [-0.39, 0.29) is 0 Å². The Morgan fingerprint density at radius 3 is 2.89 bits per heavy atom. The number of nitrogens with zero attached hydrogens (tertiary/aromatic N) is 3. The second-order valence-corrected chi connectivity index (χ2v) is 2.10. The van der Waals surface area contributed by atoms with Gasteiger partial charge in [0.1, 0.15) is 0 Å². The molecule has 0 aliphatic carbocycles. The first-order valence-corrected chi connectivity index (χ1v) is 3.02. The van der Waals surface area contributed by atoms with E-state index in [0.29, 0.717) is 19.0 Å². The molecule has 0 bridgehead atoms. The Bertz CT molecular complexity index is 106. The van der Waals surface area contributed by atoms with E-state index in [4.69, 9.17) is 11.3 Å². The first-order chi connectivity index (χ1) is 4.31. The minimum absolute atomic E-state index is 0.422.